The molecule has 1 atom stereocenters. The maximum Gasteiger partial charge on any atom is 0.256 e. The van der Waals surface area contributed by atoms with Crippen molar-refractivity contribution >= 4 is 39.1 Å². The number of carbonyl (C=O) groups is 2. The Labute approximate surface area is 135 Å². The van der Waals surface area contributed by atoms with Crippen molar-refractivity contribution in [3.63, 3.8) is 0 Å². The highest BCUT2D eigenvalue weighted by Crippen LogP contribution is 2.28. The van der Waals surface area contributed by atoms with Crippen LogP contribution in [0.25, 0.3) is 0 Å². The zero-order chi connectivity index (χ0) is 15.7. The third-order valence-corrected chi connectivity index (χ3v) is 4.11. The Hall–Kier alpha value is -2.21. The van der Waals surface area contributed by atoms with E-state index >= 15 is 0 Å². The van der Waals surface area contributed by atoms with Crippen LogP contribution in [0.15, 0.2) is 53.0 Å². The second kappa shape index (κ2) is 5.88. The van der Waals surface area contributed by atoms with Gasteiger partial charge in [-0.15, -0.1) is 0 Å². The Balaban J connectivity index is 1.84. The molecule has 1 aliphatic heterocycles. The van der Waals surface area contributed by atoms with Crippen LogP contribution in [0.4, 0.5) is 15.8 Å². The molecular formula is C16H12BrFN2O2. The maximum atomic E-state index is 13.3. The lowest BCUT2D eigenvalue weighted by molar-refractivity contribution is -0.121. The van der Waals surface area contributed by atoms with Gasteiger partial charge in [-0.1, -0.05) is 18.2 Å². The van der Waals surface area contributed by atoms with Gasteiger partial charge in [0.05, 0.1) is 12.1 Å². The van der Waals surface area contributed by atoms with E-state index in [1.807, 2.05) is 24.3 Å². The number of benzene rings is 2. The normalized spacial score (nSPS) is 17.9. The Kier molecular flexibility index (Phi) is 3.94. The SMILES string of the molecule is O=C1C[C@@H](Nc2ccccc2Br)C(=O)N1c1cccc(F)c1. The van der Waals surface area contributed by atoms with E-state index in [9.17, 15) is 14.0 Å². The molecule has 0 bridgehead atoms. The zero-order valence-electron chi connectivity index (χ0n) is 11.4. The van der Waals surface area contributed by atoms with Crippen LogP contribution in [0.1, 0.15) is 6.42 Å². The molecule has 0 aliphatic carbocycles. The largest absolute Gasteiger partial charge is 0.372 e. The number of amides is 2. The summed E-state index contributed by atoms with van der Waals surface area (Å²) in [6.07, 6.45) is 0.0384. The fourth-order valence-electron chi connectivity index (χ4n) is 2.40. The van der Waals surface area contributed by atoms with Gasteiger partial charge in [-0.2, -0.15) is 0 Å². The molecule has 1 heterocycles. The van der Waals surface area contributed by atoms with Crippen molar-refractivity contribution in [2.24, 2.45) is 0 Å². The first kappa shape index (κ1) is 14.7. The standard InChI is InChI=1S/C16H12BrFN2O2/c17-12-6-1-2-7-13(12)19-14-9-15(21)20(16(14)22)11-5-3-4-10(18)8-11/h1-8,14,19H,9H2/t14-/m1/s1. The molecule has 2 amide bonds. The molecule has 1 saturated heterocycles. The highest BCUT2D eigenvalue weighted by molar-refractivity contribution is 9.10. The van der Waals surface area contributed by atoms with Crippen LogP contribution in [0.2, 0.25) is 0 Å². The minimum absolute atomic E-state index is 0.0384. The lowest BCUT2D eigenvalue weighted by Crippen LogP contribution is -2.34. The van der Waals surface area contributed by atoms with Gasteiger partial charge < -0.3 is 5.32 Å². The van der Waals surface area contributed by atoms with Gasteiger partial charge >= 0.3 is 0 Å². The lowest BCUT2D eigenvalue weighted by atomic mass is 10.2. The molecular weight excluding hydrogens is 351 g/mol. The number of nitrogens with zero attached hydrogens (tertiary/aromatic N) is 1. The number of halogens is 2. The average Bonchev–Trinajstić information content (AvgIpc) is 2.76. The van der Waals surface area contributed by atoms with Crippen LogP contribution in [0, 0.1) is 5.82 Å². The first-order chi connectivity index (χ1) is 10.6. The molecule has 1 aliphatic rings. The minimum Gasteiger partial charge on any atom is -0.372 e. The van der Waals surface area contributed by atoms with E-state index < -0.39 is 11.9 Å². The van der Waals surface area contributed by atoms with Crippen LogP contribution in [-0.4, -0.2) is 17.9 Å². The number of para-hydroxylation sites is 1. The van der Waals surface area contributed by atoms with Crippen molar-refractivity contribution in [3.8, 4) is 0 Å². The van der Waals surface area contributed by atoms with Crippen LogP contribution >= 0.6 is 15.9 Å². The maximum absolute atomic E-state index is 13.3. The van der Waals surface area contributed by atoms with Gasteiger partial charge in [0, 0.05) is 10.2 Å². The molecule has 2 aromatic carbocycles. The molecule has 22 heavy (non-hydrogen) atoms. The van der Waals surface area contributed by atoms with Crippen molar-refractivity contribution in [2.45, 2.75) is 12.5 Å². The number of rotatable bonds is 3. The Morgan fingerprint density at radius 1 is 1.14 bits per heavy atom. The first-order valence-electron chi connectivity index (χ1n) is 6.69. The summed E-state index contributed by atoms with van der Waals surface area (Å²) in [4.78, 5) is 25.6. The zero-order valence-corrected chi connectivity index (χ0v) is 13.0. The minimum atomic E-state index is -0.658. The number of imide groups is 1. The molecule has 2 aromatic rings. The van der Waals surface area contributed by atoms with Crippen molar-refractivity contribution in [2.75, 3.05) is 10.2 Å². The average molecular weight is 363 g/mol. The smallest absolute Gasteiger partial charge is 0.256 e. The first-order valence-corrected chi connectivity index (χ1v) is 7.49. The van der Waals surface area contributed by atoms with Gasteiger partial charge in [0.1, 0.15) is 11.9 Å². The number of carbonyl (C=O) groups excluding carboxylic acids is 2. The molecule has 0 spiro atoms. The van der Waals surface area contributed by atoms with E-state index in [2.05, 4.69) is 21.2 Å². The summed E-state index contributed by atoms with van der Waals surface area (Å²) in [7, 11) is 0. The van der Waals surface area contributed by atoms with E-state index in [1.54, 1.807) is 6.07 Å². The van der Waals surface area contributed by atoms with E-state index in [4.69, 9.17) is 0 Å². The van der Waals surface area contributed by atoms with Crippen molar-refractivity contribution in [3.05, 3.63) is 58.8 Å². The molecule has 0 aromatic heterocycles. The highest BCUT2D eigenvalue weighted by Gasteiger charge is 2.39. The number of hydrogen-bond donors (Lipinski definition) is 1. The van der Waals surface area contributed by atoms with Gasteiger partial charge in [-0.3, -0.25) is 9.59 Å². The van der Waals surface area contributed by atoms with Gasteiger partial charge in [-0.25, -0.2) is 9.29 Å². The van der Waals surface area contributed by atoms with E-state index in [-0.39, 0.29) is 23.9 Å². The fourth-order valence-corrected chi connectivity index (χ4v) is 2.80. The third kappa shape index (κ3) is 2.74. The summed E-state index contributed by atoms with van der Waals surface area (Å²) in [5.41, 5.74) is 0.987. The van der Waals surface area contributed by atoms with Crippen molar-refractivity contribution < 1.29 is 14.0 Å². The number of anilines is 2. The molecule has 4 nitrogen and oxygen atoms in total. The number of hydrogen-bond acceptors (Lipinski definition) is 3. The van der Waals surface area contributed by atoms with Gasteiger partial charge in [0.25, 0.3) is 5.91 Å². The Morgan fingerprint density at radius 3 is 2.64 bits per heavy atom. The van der Waals surface area contributed by atoms with E-state index in [0.29, 0.717) is 0 Å². The summed E-state index contributed by atoms with van der Waals surface area (Å²) in [6.45, 7) is 0. The molecule has 0 unspecified atom stereocenters. The Bertz CT molecular complexity index is 750. The number of nitrogens with one attached hydrogen (secondary N) is 1. The summed E-state index contributed by atoms with van der Waals surface area (Å²) < 4.78 is 14.1. The molecule has 112 valence electrons. The van der Waals surface area contributed by atoms with Crippen molar-refractivity contribution in [1.82, 2.24) is 0 Å². The third-order valence-electron chi connectivity index (χ3n) is 3.42. The molecule has 1 fully saturated rings. The summed E-state index contributed by atoms with van der Waals surface area (Å²) >= 11 is 3.39. The van der Waals surface area contributed by atoms with Gasteiger partial charge in [0.2, 0.25) is 5.91 Å². The second-order valence-electron chi connectivity index (χ2n) is 4.93. The van der Waals surface area contributed by atoms with Crippen LogP contribution in [0.3, 0.4) is 0 Å². The molecule has 3 rings (SSSR count). The van der Waals surface area contributed by atoms with Gasteiger partial charge in [0.15, 0.2) is 0 Å². The Morgan fingerprint density at radius 2 is 1.91 bits per heavy atom. The predicted octanol–water partition coefficient (Wildman–Crippen LogP) is 3.33. The van der Waals surface area contributed by atoms with Crippen LogP contribution in [-0.2, 0) is 9.59 Å². The quantitative estimate of drug-likeness (QED) is 0.852. The summed E-state index contributed by atoms with van der Waals surface area (Å²) in [5.74, 6) is -1.22. The van der Waals surface area contributed by atoms with E-state index in [1.165, 1.54) is 18.2 Å². The monoisotopic (exact) mass is 362 g/mol. The summed E-state index contributed by atoms with van der Waals surface area (Å²) in [5, 5.41) is 3.05. The topological polar surface area (TPSA) is 49.4 Å². The summed E-state index contributed by atoms with van der Waals surface area (Å²) in [6, 6.07) is 12.1. The molecule has 0 radical (unpaired) electrons. The molecule has 6 heteroatoms. The van der Waals surface area contributed by atoms with Crippen LogP contribution < -0.4 is 10.2 Å². The van der Waals surface area contributed by atoms with Crippen molar-refractivity contribution in [1.29, 1.82) is 0 Å². The predicted molar refractivity (Wildman–Crippen MR) is 85.1 cm³/mol. The lowest BCUT2D eigenvalue weighted by Gasteiger charge is -2.16. The van der Waals surface area contributed by atoms with Crippen LogP contribution in [0.5, 0.6) is 0 Å². The fraction of sp³-hybridized carbons (Fsp3) is 0.125. The van der Waals surface area contributed by atoms with E-state index in [0.717, 1.165) is 15.1 Å². The second-order valence-corrected chi connectivity index (χ2v) is 5.78. The highest BCUT2D eigenvalue weighted by atomic mass is 79.9. The van der Waals surface area contributed by atoms with Gasteiger partial charge in [-0.05, 0) is 46.3 Å². The molecule has 0 saturated carbocycles. The molecule has 1 N–H and O–H groups in total.